The fourth-order valence-corrected chi connectivity index (χ4v) is 2.89. The summed E-state index contributed by atoms with van der Waals surface area (Å²) in [6, 6.07) is 20.3. The molecule has 0 N–H and O–H groups in total. The van der Waals surface area contributed by atoms with E-state index in [9.17, 15) is 4.79 Å². The van der Waals surface area contributed by atoms with E-state index in [-0.39, 0.29) is 0 Å². The quantitative estimate of drug-likeness (QED) is 0.486. The normalized spacial score (nSPS) is 10.5. The first kappa shape index (κ1) is 15.9. The lowest BCUT2D eigenvalue weighted by Gasteiger charge is -2.10. The van der Waals surface area contributed by atoms with Gasteiger partial charge in [-0.15, -0.1) is 6.58 Å². The van der Waals surface area contributed by atoms with Crippen molar-refractivity contribution in [2.45, 2.75) is 19.4 Å². The number of nitrogens with zero attached hydrogens (tertiary/aromatic N) is 2. The molecule has 3 rings (SSSR count). The maximum Gasteiger partial charge on any atom is 0.185 e. The Morgan fingerprint density at radius 2 is 1.58 bits per heavy atom. The highest BCUT2D eigenvalue weighted by atomic mass is 16.1. The van der Waals surface area contributed by atoms with Crippen LogP contribution in [-0.2, 0) is 19.4 Å². The predicted octanol–water partition coefficient (Wildman–Crippen LogP) is 4.06. The van der Waals surface area contributed by atoms with E-state index in [1.54, 1.807) is 0 Å². The SMILES string of the molecule is C=CCc1c(Cc2ccccc2)nc(C=O)n1Cc1ccccc1. The summed E-state index contributed by atoms with van der Waals surface area (Å²) in [4.78, 5) is 16.1. The molecule has 0 radical (unpaired) electrons. The number of rotatable bonds is 7. The highest BCUT2D eigenvalue weighted by Gasteiger charge is 2.16. The number of aromatic nitrogens is 2. The first-order valence-corrected chi connectivity index (χ1v) is 8.04. The molecule has 3 heteroatoms. The van der Waals surface area contributed by atoms with Crippen LogP contribution in [0.3, 0.4) is 0 Å². The lowest BCUT2D eigenvalue weighted by atomic mass is 10.1. The second-order valence-electron chi connectivity index (χ2n) is 5.71. The molecule has 0 aliphatic rings. The van der Waals surface area contributed by atoms with Crippen LogP contribution < -0.4 is 0 Å². The second-order valence-corrected chi connectivity index (χ2v) is 5.71. The number of carbonyl (C=O) groups excluding carboxylic acids is 1. The van der Waals surface area contributed by atoms with Crippen molar-refractivity contribution < 1.29 is 4.79 Å². The number of hydrogen-bond donors (Lipinski definition) is 0. The smallest absolute Gasteiger partial charge is 0.185 e. The minimum atomic E-state index is 0.474. The third-order valence-electron chi connectivity index (χ3n) is 4.03. The minimum Gasteiger partial charge on any atom is -0.321 e. The topological polar surface area (TPSA) is 34.9 Å². The molecule has 1 aromatic heterocycles. The van der Waals surface area contributed by atoms with Gasteiger partial charge in [0.25, 0.3) is 0 Å². The largest absolute Gasteiger partial charge is 0.321 e. The number of hydrogen-bond acceptors (Lipinski definition) is 2. The van der Waals surface area contributed by atoms with Gasteiger partial charge < -0.3 is 4.57 Å². The van der Waals surface area contributed by atoms with Crippen LogP contribution in [0, 0.1) is 0 Å². The number of carbonyl (C=O) groups is 1. The molecule has 0 saturated heterocycles. The molecule has 0 aliphatic carbocycles. The van der Waals surface area contributed by atoms with Crippen molar-refractivity contribution in [1.29, 1.82) is 0 Å². The summed E-state index contributed by atoms with van der Waals surface area (Å²) in [7, 11) is 0. The number of allylic oxidation sites excluding steroid dienone is 1. The maximum absolute atomic E-state index is 11.5. The zero-order chi connectivity index (χ0) is 16.8. The fraction of sp³-hybridized carbons (Fsp3) is 0.143. The minimum absolute atomic E-state index is 0.474. The maximum atomic E-state index is 11.5. The molecule has 0 unspecified atom stereocenters. The summed E-state index contributed by atoms with van der Waals surface area (Å²) in [6.45, 7) is 4.50. The molecule has 0 saturated carbocycles. The first-order chi connectivity index (χ1) is 11.8. The molecule has 0 aliphatic heterocycles. The van der Waals surface area contributed by atoms with Crippen molar-refractivity contribution in [3.63, 3.8) is 0 Å². The third kappa shape index (κ3) is 3.51. The lowest BCUT2D eigenvalue weighted by molar-refractivity contribution is 0.111. The van der Waals surface area contributed by atoms with Gasteiger partial charge in [0.2, 0.25) is 0 Å². The van der Waals surface area contributed by atoms with Crippen molar-refractivity contribution >= 4 is 6.29 Å². The van der Waals surface area contributed by atoms with Gasteiger partial charge in [-0.25, -0.2) is 4.98 Å². The molecular weight excluding hydrogens is 296 g/mol. The molecule has 0 fully saturated rings. The van der Waals surface area contributed by atoms with Crippen LogP contribution in [0.2, 0.25) is 0 Å². The Hall–Kier alpha value is -2.94. The fourth-order valence-electron chi connectivity index (χ4n) is 2.89. The van der Waals surface area contributed by atoms with Gasteiger partial charge in [0.15, 0.2) is 12.1 Å². The molecule has 0 spiro atoms. The van der Waals surface area contributed by atoms with Crippen LogP contribution in [0.25, 0.3) is 0 Å². The first-order valence-electron chi connectivity index (χ1n) is 8.04. The second kappa shape index (κ2) is 7.55. The number of aldehydes is 1. The van der Waals surface area contributed by atoms with Crippen molar-refractivity contribution in [2.75, 3.05) is 0 Å². The molecule has 1 heterocycles. The Balaban J connectivity index is 2.00. The molecule has 0 amide bonds. The van der Waals surface area contributed by atoms with E-state index in [0.717, 1.165) is 23.2 Å². The summed E-state index contributed by atoms with van der Waals surface area (Å²) in [6.07, 6.45) is 4.11. The molecule has 3 nitrogen and oxygen atoms in total. The summed E-state index contributed by atoms with van der Waals surface area (Å²) >= 11 is 0. The summed E-state index contributed by atoms with van der Waals surface area (Å²) in [5, 5.41) is 0. The van der Waals surface area contributed by atoms with Crippen molar-refractivity contribution in [3.05, 3.63) is 102 Å². The Morgan fingerprint density at radius 1 is 0.958 bits per heavy atom. The predicted molar refractivity (Wildman–Crippen MR) is 96.3 cm³/mol. The van der Waals surface area contributed by atoms with E-state index in [0.29, 0.717) is 25.2 Å². The van der Waals surface area contributed by atoms with Crippen LogP contribution >= 0.6 is 0 Å². The van der Waals surface area contributed by atoms with Gasteiger partial charge in [0.05, 0.1) is 5.69 Å². The van der Waals surface area contributed by atoms with Crippen molar-refractivity contribution in [3.8, 4) is 0 Å². The van der Waals surface area contributed by atoms with Crippen LogP contribution in [0.1, 0.15) is 33.1 Å². The molecule has 24 heavy (non-hydrogen) atoms. The average Bonchev–Trinajstić information content (AvgIpc) is 2.94. The highest BCUT2D eigenvalue weighted by Crippen LogP contribution is 2.18. The van der Waals surface area contributed by atoms with Crippen LogP contribution in [0.5, 0.6) is 0 Å². The Morgan fingerprint density at radius 3 is 2.17 bits per heavy atom. The van der Waals surface area contributed by atoms with E-state index >= 15 is 0 Å². The van der Waals surface area contributed by atoms with Gasteiger partial charge in [-0.1, -0.05) is 66.7 Å². The van der Waals surface area contributed by atoms with Gasteiger partial charge >= 0.3 is 0 Å². The van der Waals surface area contributed by atoms with Crippen LogP contribution in [-0.4, -0.2) is 15.8 Å². The van der Waals surface area contributed by atoms with E-state index < -0.39 is 0 Å². The molecule has 0 bridgehead atoms. The molecule has 3 aromatic rings. The van der Waals surface area contributed by atoms with Gasteiger partial charge in [0, 0.05) is 25.1 Å². The number of imidazole rings is 1. The monoisotopic (exact) mass is 316 g/mol. The Labute approximate surface area is 142 Å². The summed E-state index contributed by atoms with van der Waals surface area (Å²) < 4.78 is 2.00. The summed E-state index contributed by atoms with van der Waals surface area (Å²) in [5.74, 6) is 0.474. The number of benzene rings is 2. The zero-order valence-corrected chi connectivity index (χ0v) is 13.6. The lowest BCUT2D eigenvalue weighted by Crippen LogP contribution is -2.08. The van der Waals surface area contributed by atoms with Crippen molar-refractivity contribution in [2.24, 2.45) is 0 Å². The molecule has 0 atom stereocenters. The van der Waals surface area contributed by atoms with Gasteiger partial charge in [-0.3, -0.25) is 4.79 Å². The van der Waals surface area contributed by atoms with Gasteiger partial charge in [-0.2, -0.15) is 0 Å². The molecule has 2 aromatic carbocycles. The van der Waals surface area contributed by atoms with Crippen molar-refractivity contribution in [1.82, 2.24) is 9.55 Å². The molecular formula is C21H20N2O. The highest BCUT2D eigenvalue weighted by molar-refractivity contribution is 5.70. The van der Waals surface area contributed by atoms with Gasteiger partial charge in [0.1, 0.15) is 0 Å². The van der Waals surface area contributed by atoms with E-state index in [4.69, 9.17) is 0 Å². The van der Waals surface area contributed by atoms with E-state index in [1.165, 1.54) is 5.56 Å². The van der Waals surface area contributed by atoms with Gasteiger partial charge in [-0.05, 0) is 11.1 Å². The van der Waals surface area contributed by atoms with E-state index in [1.807, 2.05) is 47.0 Å². The van der Waals surface area contributed by atoms with Crippen LogP contribution in [0.15, 0.2) is 73.3 Å². The van der Waals surface area contributed by atoms with E-state index in [2.05, 4.69) is 35.8 Å². The Bertz CT molecular complexity index is 820. The van der Waals surface area contributed by atoms with Crippen LogP contribution in [0.4, 0.5) is 0 Å². The Kier molecular flexibility index (Phi) is 5.02. The zero-order valence-electron chi connectivity index (χ0n) is 13.6. The average molecular weight is 316 g/mol. The summed E-state index contributed by atoms with van der Waals surface area (Å²) in [5.41, 5.74) is 4.33. The third-order valence-corrected chi connectivity index (χ3v) is 4.03. The standard InChI is InChI=1S/C21H20N2O/c1-2-9-20-19(14-17-10-5-3-6-11-17)22-21(16-24)23(20)15-18-12-7-4-8-13-18/h2-8,10-13,16H,1,9,14-15H2. The molecule has 120 valence electrons.